The summed E-state index contributed by atoms with van der Waals surface area (Å²) in [5.74, 6) is 0. The Morgan fingerprint density at radius 1 is 1.47 bits per heavy atom. The summed E-state index contributed by atoms with van der Waals surface area (Å²) in [5, 5.41) is 11.5. The number of aliphatic hydroxyl groups is 1. The molecular weight excluding hydrogens is 347 g/mol. The Bertz CT molecular complexity index is 390. The molecule has 17 heavy (non-hydrogen) atoms. The Hall–Kier alpha value is -0.200. The van der Waals surface area contributed by atoms with Crippen LogP contribution in [-0.4, -0.2) is 15.4 Å². The first-order valence-corrected chi connectivity index (χ1v) is 7.95. The second kappa shape index (κ2) is 8.00. The highest BCUT2D eigenvalue weighted by molar-refractivity contribution is 14.1. The zero-order valence-electron chi connectivity index (χ0n) is 9.80. The minimum atomic E-state index is -1.17. The third-order valence-electron chi connectivity index (χ3n) is 2.34. The van der Waals surface area contributed by atoms with Crippen LogP contribution < -0.4 is 0 Å². The number of aliphatic hydroxyl groups excluding tert-OH is 1. The number of hydrogen-bond acceptors (Lipinski definition) is 2. The molecule has 0 heterocycles. The lowest BCUT2D eigenvalue weighted by Gasteiger charge is -2.08. The summed E-state index contributed by atoms with van der Waals surface area (Å²) in [7, 11) is -1.17. The Morgan fingerprint density at radius 2 is 2.12 bits per heavy atom. The smallest absolute Gasteiger partial charge is 0.0852 e. The first-order chi connectivity index (χ1) is 8.15. The van der Waals surface area contributed by atoms with E-state index in [1.165, 1.54) is 0 Å². The van der Waals surface area contributed by atoms with Gasteiger partial charge in [0.1, 0.15) is 0 Å². The second-order valence-electron chi connectivity index (χ2n) is 3.77. The summed E-state index contributed by atoms with van der Waals surface area (Å²) in [6.07, 6.45) is 2.29. The van der Waals surface area contributed by atoms with Gasteiger partial charge in [-0.05, 0) is 41.1 Å². The van der Waals surface area contributed by atoms with Crippen LogP contribution in [0.2, 0.25) is 0 Å². The third-order valence-corrected chi connectivity index (χ3v) is 5.00. The van der Waals surface area contributed by atoms with E-state index < -0.39 is 16.9 Å². The van der Waals surface area contributed by atoms with E-state index in [1.54, 1.807) is 5.41 Å². The Morgan fingerprint density at radius 3 is 2.71 bits per heavy atom. The van der Waals surface area contributed by atoms with E-state index in [-0.39, 0.29) is 0 Å². The molecule has 0 aliphatic carbocycles. The van der Waals surface area contributed by atoms with E-state index in [0.717, 1.165) is 27.7 Å². The van der Waals surface area contributed by atoms with Gasteiger partial charge in [0.15, 0.2) is 0 Å². The normalized spacial score (nSPS) is 15.6. The summed E-state index contributed by atoms with van der Waals surface area (Å²) in [5.41, 5.74) is 0. The van der Waals surface area contributed by atoms with Crippen LogP contribution in [-0.2, 0) is 10.8 Å². The van der Waals surface area contributed by atoms with Crippen molar-refractivity contribution in [1.29, 1.82) is 0 Å². The molecule has 2 atom stereocenters. The van der Waals surface area contributed by atoms with Crippen LogP contribution >= 0.6 is 22.6 Å². The molecule has 0 fully saturated rings. The lowest BCUT2D eigenvalue weighted by atomic mass is 10.2. The van der Waals surface area contributed by atoms with Gasteiger partial charge >= 0.3 is 0 Å². The van der Waals surface area contributed by atoms with E-state index in [1.807, 2.05) is 30.3 Å². The van der Waals surface area contributed by atoms with Gasteiger partial charge in [0, 0.05) is 13.9 Å². The monoisotopic (exact) mass is 364 g/mol. The summed E-state index contributed by atoms with van der Waals surface area (Å²) in [6.45, 7) is 2.09. The number of benzene rings is 1. The molecule has 2 unspecified atom stereocenters. The predicted octanol–water partition coefficient (Wildman–Crippen LogP) is 3.62. The summed E-state index contributed by atoms with van der Waals surface area (Å²) in [6, 6.07) is 9.28. The molecule has 0 bridgehead atoms. The SMILES string of the molecule is CCCCC(O)/C(I)=C/S(=O)c1ccccc1. The molecule has 1 N–H and O–H groups in total. The van der Waals surface area contributed by atoms with Gasteiger partial charge in [-0.1, -0.05) is 38.0 Å². The fraction of sp³-hybridized carbons (Fsp3) is 0.385. The molecule has 4 heteroatoms. The fourth-order valence-corrected chi connectivity index (χ4v) is 3.27. The molecule has 94 valence electrons. The van der Waals surface area contributed by atoms with Gasteiger partial charge in [0.25, 0.3) is 0 Å². The topological polar surface area (TPSA) is 37.3 Å². The highest BCUT2D eigenvalue weighted by Gasteiger charge is 2.09. The zero-order valence-corrected chi connectivity index (χ0v) is 12.8. The fourth-order valence-electron chi connectivity index (χ4n) is 1.34. The van der Waals surface area contributed by atoms with Crippen molar-refractivity contribution in [3.8, 4) is 0 Å². The van der Waals surface area contributed by atoms with E-state index >= 15 is 0 Å². The van der Waals surface area contributed by atoms with Crippen LogP contribution in [0.4, 0.5) is 0 Å². The molecule has 1 aromatic carbocycles. The average Bonchev–Trinajstić information content (AvgIpc) is 2.36. The molecule has 0 aliphatic heterocycles. The molecule has 0 saturated heterocycles. The van der Waals surface area contributed by atoms with Crippen LogP contribution in [0.25, 0.3) is 0 Å². The van der Waals surface area contributed by atoms with E-state index in [4.69, 9.17) is 0 Å². The summed E-state index contributed by atoms with van der Waals surface area (Å²) >= 11 is 2.07. The van der Waals surface area contributed by atoms with E-state index in [9.17, 15) is 9.32 Å². The van der Waals surface area contributed by atoms with E-state index in [2.05, 4.69) is 29.5 Å². The standard InChI is InChI=1S/C13H17IO2S/c1-2-3-9-13(15)12(14)10-17(16)11-7-5-4-6-8-11/h4-8,10,13,15H,2-3,9H2,1H3/b12-10-. The minimum absolute atomic E-state index is 0.483. The first kappa shape index (κ1) is 14.9. The van der Waals surface area contributed by atoms with Crippen molar-refractivity contribution in [1.82, 2.24) is 0 Å². The van der Waals surface area contributed by atoms with Crippen molar-refractivity contribution in [3.05, 3.63) is 39.3 Å². The number of hydrogen-bond donors (Lipinski definition) is 1. The van der Waals surface area contributed by atoms with E-state index in [0.29, 0.717) is 0 Å². The maximum absolute atomic E-state index is 12.0. The Balaban J connectivity index is 2.65. The highest BCUT2D eigenvalue weighted by atomic mass is 127. The molecule has 0 radical (unpaired) electrons. The third kappa shape index (κ3) is 5.31. The quantitative estimate of drug-likeness (QED) is 0.783. The number of unbranched alkanes of at least 4 members (excludes halogenated alkanes) is 1. The lowest BCUT2D eigenvalue weighted by molar-refractivity contribution is 0.207. The van der Waals surface area contributed by atoms with Gasteiger partial charge in [0.2, 0.25) is 0 Å². The average molecular weight is 364 g/mol. The summed E-state index contributed by atoms with van der Waals surface area (Å²) in [4.78, 5) is 0.768. The molecular formula is C13H17IO2S. The second-order valence-corrected chi connectivity index (χ2v) is 6.32. The van der Waals surface area contributed by atoms with Crippen LogP contribution in [0, 0.1) is 0 Å². The van der Waals surface area contributed by atoms with Gasteiger partial charge in [0.05, 0.1) is 16.9 Å². The lowest BCUT2D eigenvalue weighted by Crippen LogP contribution is -2.06. The summed E-state index contributed by atoms with van der Waals surface area (Å²) < 4.78 is 12.7. The first-order valence-electron chi connectivity index (χ1n) is 5.66. The van der Waals surface area contributed by atoms with Crippen LogP contribution in [0.15, 0.2) is 44.2 Å². The maximum Gasteiger partial charge on any atom is 0.0852 e. The molecule has 0 saturated carbocycles. The van der Waals surface area contributed by atoms with Crippen molar-refractivity contribution in [2.24, 2.45) is 0 Å². The molecule has 1 aromatic rings. The maximum atomic E-state index is 12.0. The van der Waals surface area contributed by atoms with Crippen LogP contribution in [0.1, 0.15) is 26.2 Å². The minimum Gasteiger partial charge on any atom is -0.388 e. The molecule has 0 aromatic heterocycles. The van der Waals surface area contributed by atoms with Crippen LogP contribution in [0.3, 0.4) is 0 Å². The van der Waals surface area contributed by atoms with Gasteiger partial charge in [-0.3, -0.25) is 0 Å². The van der Waals surface area contributed by atoms with Crippen molar-refractivity contribution in [2.45, 2.75) is 37.2 Å². The van der Waals surface area contributed by atoms with Crippen molar-refractivity contribution in [3.63, 3.8) is 0 Å². The number of halogens is 1. The zero-order chi connectivity index (χ0) is 12.7. The molecule has 2 nitrogen and oxygen atoms in total. The van der Waals surface area contributed by atoms with Crippen molar-refractivity contribution >= 4 is 33.4 Å². The molecule has 0 aliphatic rings. The molecule has 1 rings (SSSR count). The molecule has 0 spiro atoms. The van der Waals surface area contributed by atoms with Crippen molar-refractivity contribution in [2.75, 3.05) is 0 Å². The molecule has 0 amide bonds. The van der Waals surface area contributed by atoms with Crippen LogP contribution in [0.5, 0.6) is 0 Å². The van der Waals surface area contributed by atoms with Gasteiger partial charge in [-0.15, -0.1) is 0 Å². The van der Waals surface area contributed by atoms with Gasteiger partial charge < -0.3 is 5.11 Å². The van der Waals surface area contributed by atoms with Crippen molar-refractivity contribution < 1.29 is 9.32 Å². The predicted molar refractivity (Wildman–Crippen MR) is 80.5 cm³/mol. The van der Waals surface area contributed by atoms with Gasteiger partial charge in [-0.25, -0.2) is 4.21 Å². The van der Waals surface area contributed by atoms with Gasteiger partial charge in [-0.2, -0.15) is 0 Å². The highest BCUT2D eigenvalue weighted by Crippen LogP contribution is 2.19. The Labute approximate surface area is 119 Å². The Kier molecular flexibility index (Phi) is 6.99. The number of rotatable bonds is 6. The largest absolute Gasteiger partial charge is 0.388 e.